The molecule has 2 aromatic rings. The highest BCUT2D eigenvalue weighted by Gasteiger charge is 2.30. The summed E-state index contributed by atoms with van der Waals surface area (Å²) in [4.78, 5) is 2.16. The van der Waals surface area contributed by atoms with Crippen molar-refractivity contribution in [1.82, 2.24) is 4.31 Å². The second kappa shape index (κ2) is 6.50. The monoisotopic (exact) mass is 371 g/mol. The van der Waals surface area contributed by atoms with Crippen molar-refractivity contribution in [3.63, 3.8) is 0 Å². The molecule has 1 saturated heterocycles. The van der Waals surface area contributed by atoms with E-state index >= 15 is 0 Å². The Balaban J connectivity index is 1.71. The van der Waals surface area contributed by atoms with Gasteiger partial charge in [-0.2, -0.15) is 4.31 Å². The Labute approximate surface area is 153 Å². The maximum atomic E-state index is 13.1. The molecular weight excluding hydrogens is 350 g/mol. The van der Waals surface area contributed by atoms with Gasteiger partial charge in [-0.1, -0.05) is 30.3 Å². The van der Waals surface area contributed by atoms with Crippen LogP contribution in [-0.4, -0.2) is 44.9 Å². The fourth-order valence-corrected chi connectivity index (χ4v) is 5.12. The number of benzene rings is 2. The number of amidine groups is 1. The number of morpholine rings is 1. The van der Waals surface area contributed by atoms with E-state index in [0.29, 0.717) is 49.1 Å². The minimum absolute atomic E-state index is 0.306. The van der Waals surface area contributed by atoms with Gasteiger partial charge in [-0.05, 0) is 30.2 Å². The first-order chi connectivity index (χ1) is 12.5. The van der Waals surface area contributed by atoms with E-state index in [2.05, 4.69) is 0 Å². The van der Waals surface area contributed by atoms with Gasteiger partial charge in [0, 0.05) is 24.3 Å². The first-order valence-electron chi connectivity index (χ1n) is 8.61. The van der Waals surface area contributed by atoms with E-state index in [9.17, 15) is 8.42 Å². The molecule has 0 saturated carbocycles. The summed E-state index contributed by atoms with van der Waals surface area (Å²) < 4.78 is 32.9. The summed E-state index contributed by atoms with van der Waals surface area (Å²) in [6.07, 6.45) is 0. The van der Waals surface area contributed by atoms with Crippen LogP contribution in [0.25, 0.3) is 0 Å². The highest BCUT2D eigenvalue weighted by molar-refractivity contribution is 7.89. The molecule has 2 heterocycles. The lowest BCUT2D eigenvalue weighted by Crippen LogP contribution is -2.40. The average molecular weight is 371 g/mol. The third-order valence-corrected chi connectivity index (χ3v) is 6.98. The average Bonchev–Trinajstić information content (AvgIpc) is 3.00. The second-order valence-electron chi connectivity index (χ2n) is 6.56. The highest BCUT2D eigenvalue weighted by atomic mass is 32.2. The van der Waals surface area contributed by atoms with Crippen molar-refractivity contribution in [2.24, 2.45) is 0 Å². The van der Waals surface area contributed by atoms with E-state index in [-0.39, 0.29) is 0 Å². The number of fused-ring (bicyclic) bond motifs is 1. The molecule has 0 bridgehead atoms. The maximum absolute atomic E-state index is 13.1. The molecule has 0 aromatic heterocycles. The Morgan fingerprint density at radius 2 is 1.81 bits per heavy atom. The summed E-state index contributed by atoms with van der Waals surface area (Å²) in [5.74, 6) is 0.402. The molecule has 4 rings (SSSR count). The van der Waals surface area contributed by atoms with E-state index in [4.69, 9.17) is 10.1 Å². The van der Waals surface area contributed by atoms with Gasteiger partial charge in [0.1, 0.15) is 5.84 Å². The third-order valence-electron chi connectivity index (χ3n) is 4.94. The Kier molecular flexibility index (Phi) is 4.30. The van der Waals surface area contributed by atoms with Crippen molar-refractivity contribution in [1.29, 1.82) is 5.41 Å². The molecule has 0 unspecified atom stereocenters. The number of hydrogen-bond acceptors (Lipinski definition) is 4. The quantitative estimate of drug-likeness (QED) is 0.899. The number of ether oxygens (including phenoxy) is 1. The lowest BCUT2D eigenvalue weighted by molar-refractivity contribution is 0.0730. The van der Waals surface area contributed by atoms with Crippen molar-refractivity contribution in [3.8, 4) is 0 Å². The van der Waals surface area contributed by atoms with Crippen LogP contribution >= 0.6 is 0 Å². The summed E-state index contributed by atoms with van der Waals surface area (Å²) in [5, 5.41) is 8.45. The summed E-state index contributed by atoms with van der Waals surface area (Å²) in [7, 11) is -3.57. The van der Waals surface area contributed by atoms with E-state index in [1.165, 1.54) is 4.31 Å². The van der Waals surface area contributed by atoms with Crippen LogP contribution in [0, 0.1) is 12.3 Å². The highest BCUT2D eigenvalue weighted by Crippen LogP contribution is 2.31. The SMILES string of the molecule is Cc1ccc(N2Cc3ccccc3C2=N)cc1S(=O)(=O)N1CCOCC1. The Hall–Kier alpha value is -2.22. The van der Waals surface area contributed by atoms with E-state index in [1.807, 2.05) is 41.3 Å². The molecule has 136 valence electrons. The van der Waals surface area contributed by atoms with Gasteiger partial charge >= 0.3 is 0 Å². The standard InChI is InChI=1S/C19H21N3O3S/c1-14-6-7-16(22-13-15-4-2-3-5-17(15)19(22)20)12-18(14)26(23,24)21-8-10-25-11-9-21/h2-7,12,20H,8-11,13H2,1H3. The third kappa shape index (κ3) is 2.82. The van der Waals surface area contributed by atoms with Crippen LogP contribution in [0.15, 0.2) is 47.4 Å². The molecule has 0 radical (unpaired) electrons. The van der Waals surface area contributed by atoms with Crippen LogP contribution < -0.4 is 4.90 Å². The van der Waals surface area contributed by atoms with E-state index in [0.717, 1.165) is 16.8 Å². The van der Waals surface area contributed by atoms with Gasteiger partial charge in [-0.25, -0.2) is 8.42 Å². The minimum Gasteiger partial charge on any atom is -0.379 e. The van der Waals surface area contributed by atoms with Gasteiger partial charge in [0.15, 0.2) is 0 Å². The molecule has 0 spiro atoms. The fourth-order valence-electron chi connectivity index (χ4n) is 3.47. The molecule has 1 fully saturated rings. The van der Waals surface area contributed by atoms with Gasteiger partial charge in [-0.3, -0.25) is 5.41 Å². The normalized spacial score (nSPS) is 18.2. The lowest BCUT2D eigenvalue weighted by atomic mass is 10.1. The maximum Gasteiger partial charge on any atom is 0.243 e. The molecule has 2 aliphatic heterocycles. The summed E-state index contributed by atoms with van der Waals surface area (Å²) >= 11 is 0. The van der Waals surface area contributed by atoms with Crippen LogP contribution in [0.5, 0.6) is 0 Å². The number of nitrogens with one attached hydrogen (secondary N) is 1. The molecular formula is C19H21N3O3S. The molecule has 0 aliphatic carbocycles. The first-order valence-corrected chi connectivity index (χ1v) is 10.1. The molecule has 7 heteroatoms. The van der Waals surface area contributed by atoms with Gasteiger partial charge in [0.2, 0.25) is 10.0 Å². The smallest absolute Gasteiger partial charge is 0.243 e. The van der Waals surface area contributed by atoms with Crippen LogP contribution in [0.3, 0.4) is 0 Å². The fraction of sp³-hybridized carbons (Fsp3) is 0.316. The number of rotatable bonds is 3. The van der Waals surface area contributed by atoms with Crippen LogP contribution in [-0.2, 0) is 21.3 Å². The zero-order valence-corrected chi connectivity index (χ0v) is 15.4. The van der Waals surface area contributed by atoms with Gasteiger partial charge in [-0.15, -0.1) is 0 Å². The van der Waals surface area contributed by atoms with Crippen molar-refractivity contribution < 1.29 is 13.2 Å². The van der Waals surface area contributed by atoms with Crippen molar-refractivity contribution in [2.45, 2.75) is 18.4 Å². The lowest BCUT2D eigenvalue weighted by Gasteiger charge is -2.27. The molecule has 6 nitrogen and oxygen atoms in total. The van der Waals surface area contributed by atoms with E-state index in [1.54, 1.807) is 13.0 Å². The Bertz CT molecular complexity index is 966. The molecule has 2 aliphatic rings. The number of sulfonamides is 1. The second-order valence-corrected chi connectivity index (χ2v) is 8.46. The number of anilines is 1. The Morgan fingerprint density at radius 1 is 1.08 bits per heavy atom. The summed E-state index contributed by atoms with van der Waals surface area (Å²) in [6, 6.07) is 13.2. The number of aryl methyl sites for hydroxylation is 1. The summed E-state index contributed by atoms with van der Waals surface area (Å²) in [6.45, 7) is 3.97. The molecule has 1 N–H and O–H groups in total. The predicted molar refractivity (Wildman–Crippen MR) is 100 cm³/mol. The van der Waals surface area contributed by atoms with Crippen molar-refractivity contribution >= 4 is 21.5 Å². The topological polar surface area (TPSA) is 73.7 Å². The van der Waals surface area contributed by atoms with Crippen molar-refractivity contribution in [3.05, 3.63) is 59.2 Å². The zero-order chi connectivity index (χ0) is 18.3. The molecule has 0 atom stereocenters. The molecule has 26 heavy (non-hydrogen) atoms. The van der Waals surface area contributed by atoms with Crippen molar-refractivity contribution in [2.75, 3.05) is 31.2 Å². The van der Waals surface area contributed by atoms with Gasteiger partial charge < -0.3 is 9.64 Å². The summed E-state index contributed by atoms with van der Waals surface area (Å²) in [5.41, 5.74) is 3.41. The molecule has 2 aromatic carbocycles. The molecule has 0 amide bonds. The zero-order valence-electron chi connectivity index (χ0n) is 14.6. The van der Waals surface area contributed by atoms with Crippen LogP contribution in [0.4, 0.5) is 5.69 Å². The Morgan fingerprint density at radius 3 is 2.54 bits per heavy atom. The van der Waals surface area contributed by atoms with E-state index < -0.39 is 10.0 Å². The number of nitrogens with zero attached hydrogens (tertiary/aromatic N) is 2. The first kappa shape index (κ1) is 17.2. The van der Waals surface area contributed by atoms with Gasteiger partial charge in [0.25, 0.3) is 0 Å². The largest absolute Gasteiger partial charge is 0.379 e. The predicted octanol–water partition coefficient (Wildman–Crippen LogP) is 2.36. The number of hydrogen-bond donors (Lipinski definition) is 1. The minimum atomic E-state index is -3.57. The van der Waals surface area contributed by atoms with Crippen LogP contribution in [0.1, 0.15) is 16.7 Å². The van der Waals surface area contributed by atoms with Gasteiger partial charge in [0.05, 0.1) is 24.7 Å². The van der Waals surface area contributed by atoms with Crippen LogP contribution in [0.2, 0.25) is 0 Å².